The van der Waals surface area contributed by atoms with Gasteiger partial charge in [0.05, 0.1) is 0 Å². The first-order chi connectivity index (χ1) is 4.27. The third kappa shape index (κ3) is 6.30. The van der Waals surface area contributed by atoms with Crippen LogP contribution < -0.4 is 0 Å². The molecule has 0 amide bonds. The van der Waals surface area contributed by atoms with E-state index in [1.807, 2.05) is 0 Å². The van der Waals surface area contributed by atoms with E-state index in [0.29, 0.717) is 0 Å². The quantitative estimate of drug-likeness (QED) is 0.657. The smallest absolute Gasteiger partial charge is 0.0885 e. The molecule has 0 rings (SSSR count). The van der Waals surface area contributed by atoms with Gasteiger partial charge in [0.25, 0.3) is 0 Å². The zero-order valence-electron chi connectivity index (χ0n) is 6.23. The van der Waals surface area contributed by atoms with E-state index in [2.05, 4.69) is 20.8 Å². The Bertz CT molecular complexity index is 152. The van der Waals surface area contributed by atoms with E-state index in [1.54, 1.807) is 0 Å². The third-order valence-corrected chi connectivity index (χ3v) is 6.23. The van der Waals surface area contributed by atoms with Crippen LogP contribution in [0.5, 0.6) is 0 Å². The van der Waals surface area contributed by atoms with Gasteiger partial charge in [0.15, 0.2) is 3.95 Å². The zero-order chi connectivity index (χ0) is 8.41. The summed E-state index contributed by atoms with van der Waals surface area (Å²) in [4.78, 5) is 0. The van der Waals surface area contributed by atoms with Crippen molar-refractivity contribution in [3.05, 3.63) is 0 Å². The minimum atomic E-state index is -2.11. The van der Waals surface area contributed by atoms with Gasteiger partial charge in [0, 0.05) is 4.75 Å². The SMILES string of the molecule is CCC(C)(C)SP(=S)(Cl)Cl. The summed E-state index contributed by atoms with van der Waals surface area (Å²) in [6.07, 6.45) is 1.04. The van der Waals surface area contributed by atoms with Gasteiger partial charge in [-0.25, -0.2) is 0 Å². The summed E-state index contributed by atoms with van der Waals surface area (Å²) >= 11 is 17.9. The molecule has 0 radical (unpaired) electrons. The van der Waals surface area contributed by atoms with E-state index in [4.69, 9.17) is 34.3 Å². The van der Waals surface area contributed by atoms with Gasteiger partial charge in [0.2, 0.25) is 0 Å². The largest absolute Gasteiger partial charge is 0.171 e. The van der Waals surface area contributed by atoms with Crippen molar-refractivity contribution in [3.8, 4) is 0 Å². The maximum atomic E-state index is 5.75. The highest BCUT2D eigenvalue weighted by atomic mass is 35.9. The number of hydrogen-bond acceptors (Lipinski definition) is 2. The molecule has 0 nitrogen and oxygen atoms in total. The molecule has 0 fully saturated rings. The highest BCUT2D eigenvalue weighted by Gasteiger charge is 2.23. The second-order valence-electron chi connectivity index (χ2n) is 2.62. The minimum Gasteiger partial charge on any atom is -0.0885 e. The second kappa shape index (κ2) is 4.00. The van der Waals surface area contributed by atoms with Crippen molar-refractivity contribution in [2.45, 2.75) is 31.9 Å². The lowest BCUT2D eigenvalue weighted by Gasteiger charge is -2.23. The Morgan fingerprint density at radius 3 is 2.00 bits per heavy atom. The Hall–Kier alpha value is 1.58. The van der Waals surface area contributed by atoms with Gasteiger partial charge < -0.3 is 0 Å². The average molecular weight is 237 g/mol. The molecule has 0 atom stereocenters. The van der Waals surface area contributed by atoms with Gasteiger partial charge in [-0.15, -0.1) is 0 Å². The Kier molecular flexibility index (Phi) is 4.63. The van der Waals surface area contributed by atoms with Gasteiger partial charge in [-0.05, 0) is 6.42 Å². The molecule has 0 bridgehead atoms. The first kappa shape index (κ1) is 11.6. The van der Waals surface area contributed by atoms with Crippen molar-refractivity contribution in [2.75, 3.05) is 0 Å². The fourth-order valence-electron chi connectivity index (χ4n) is 0.352. The van der Waals surface area contributed by atoms with Crippen LogP contribution in [0.4, 0.5) is 0 Å². The molecule has 0 saturated heterocycles. The molecule has 0 unspecified atom stereocenters. The lowest BCUT2D eigenvalue weighted by molar-refractivity contribution is 0.690. The van der Waals surface area contributed by atoms with Crippen LogP contribution in [0.15, 0.2) is 0 Å². The van der Waals surface area contributed by atoms with Gasteiger partial charge in [0.1, 0.15) is 0 Å². The summed E-state index contributed by atoms with van der Waals surface area (Å²) < 4.78 is -1.99. The second-order valence-corrected chi connectivity index (χ2v) is 15.2. The predicted molar refractivity (Wildman–Crippen MR) is 58.0 cm³/mol. The van der Waals surface area contributed by atoms with Crippen LogP contribution >= 0.6 is 37.8 Å². The Labute approximate surface area is 81.4 Å². The third-order valence-electron chi connectivity index (χ3n) is 1.20. The van der Waals surface area contributed by atoms with Crippen LogP contribution in [0.25, 0.3) is 0 Å². The molecule has 0 aromatic rings. The van der Waals surface area contributed by atoms with E-state index < -0.39 is 3.95 Å². The standard InChI is InChI=1S/C5H11Cl2PS2/c1-4-5(2,3)10-8(6,7)9/h4H2,1-3H3. The summed E-state index contributed by atoms with van der Waals surface area (Å²) in [7, 11) is 0. The van der Waals surface area contributed by atoms with Crippen molar-refractivity contribution in [3.63, 3.8) is 0 Å². The Morgan fingerprint density at radius 2 is 1.90 bits per heavy atom. The molecule has 0 N–H and O–H groups in total. The van der Waals surface area contributed by atoms with Gasteiger partial charge in [-0.1, -0.05) is 66.4 Å². The summed E-state index contributed by atoms with van der Waals surface area (Å²) in [5, 5.41) is 0. The van der Waals surface area contributed by atoms with Crippen molar-refractivity contribution in [1.29, 1.82) is 0 Å². The average Bonchev–Trinajstić information content (AvgIpc) is 1.60. The van der Waals surface area contributed by atoms with Crippen LogP contribution in [-0.2, 0) is 11.8 Å². The molecule has 0 spiro atoms. The van der Waals surface area contributed by atoms with E-state index in [9.17, 15) is 0 Å². The van der Waals surface area contributed by atoms with Gasteiger partial charge in [-0.2, -0.15) is 0 Å². The molecule has 0 aliphatic rings. The highest BCUT2D eigenvalue weighted by molar-refractivity contribution is 8.85. The lowest BCUT2D eigenvalue weighted by Crippen LogP contribution is -2.10. The monoisotopic (exact) mass is 236 g/mol. The molecule has 62 valence electrons. The molecule has 0 aliphatic heterocycles. The molecule has 0 saturated carbocycles. The zero-order valence-corrected chi connectivity index (χ0v) is 10.3. The molecule has 5 heteroatoms. The molecule has 0 heterocycles. The first-order valence-corrected chi connectivity index (χ1v) is 9.00. The summed E-state index contributed by atoms with van der Waals surface area (Å²) in [6, 6.07) is 0. The van der Waals surface area contributed by atoms with Crippen LogP contribution in [0.3, 0.4) is 0 Å². The number of hydrogen-bond donors (Lipinski definition) is 0. The number of rotatable bonds is 3. The van der Waals surface area contributed by atoms with E-state index in [0.717, 1.165) is 6.42 Å². The minimum absolute atomic E-state index is 0.124. The molecule has 10 heavy (non-hydrogen) atoms. The van der Waals surface area contributed by atoms with Crippen LogP contribution in [-0.4, -0.2) is 4.75 Å². The molecule has 0 aromatic carbocycles. The maximum Gasteiger partial charge on any atom is 0.171 e. The van der Waals surface area contributed by atoms with E-state index in [1.165, 1.54) is 11.4 Å². The van der Waals surface area contributed by atoms with Crippen LogP contribution in [0.1, 0.15) is 27.2 Å². The molecular formula is C5H11Cl2PS2. The molecular weight excluding hydrogens is 226 g/mol. The van der Waals surface area contributed by atoms with Crippen molar-refractivity contribution in [1.82, 2.24) is 0 Å². The fourth-order valence-corrected chi connectivity index (χ4v) is 8.35. The van der Waals surface area contributed by atoms with Crippen LogP contribution in [0, 0.1) is 0 Å². The van der Waals surface area contributed by atoms with Crippen molar-refractivity contribution >= 4 is 49.6 Å². The highest BCUT2D eigenvalue weighted by Crippen LogP contribution is 2.72. The lowest BCUT2D eigenvalue weighted by atomic mass is 10.1. The summed E-state index contributed by atoms with van der Waals surface area (Å²) in [5.41, 5.74) is 0. The normalized spacial score (nSPS) is 13.7. The molecule has 0 aromatic heterocycles. The van der Waals surface area contributed by atoms with E-state index >= 15 is 0 Å². The Balaban J connectivity index is 4.02. The Morgan fingerprint density at radius 1 is 1.50 bits per heavy atom. The van der Waals surface area contributed by atoms with Gasteiger partial charge >= 0.3 is 0 Å². The van der Waals surface area contributed by atoms with Gasteiger partial charge in [-0.3, -0.25) is 0 Å². The number of halogens is 2. The van der Waals surface area contributed by atoms with Crippen LogP contribution in [0.2, 0.25) is 0 Å². The van der Waals surface area contributed by atoms with Crippen molar-refractivity contribution in [2.24, 2.45) is 0 Å². The first-order valence-electron chi connectivity index (χ1n) is 2.97. The maximum absolute atomic E-state index is 5.75. The topological polar surface area (TPSA) is 0 Å². The van der Waals surface area contributed by atoms with E-state index in [-0.39, 0.29) is 4.75 Å². The summed E-state index contributed by atoms with van der Waals surface area (Å²) in [6.45, 7) is 6.30. The predicted octanol–water partition coefficient (Wildman–Crippen LogP) is 4.61. The summed E-state index contributed by atoms with van der Waals surface area (Å²) in [5.74, 6) is 0. The molecule has 0 aliphatic carbocycles. The van der Waals surface area contributed by atoms with Crippen molar-refractivity contribution < 1.29 is 0 Å². The fraction of sp³-hybridized carbons (Fsp3) is 1.00.